The number of carbonyl (C=O) groups is 1. The highest BCUT2D eigenvalue weighted by atomic mass is 35.5. The maximum atomic E-state index is 11.8. The highest BCUT2D eigenvalue weighted by Gasteiger charge is 2.27. The zero-order chi connectivity index (χ0) is 14.3. The number of nitrogens with zero attached hydrogens (tertiary/aromatic N) is 2. The van der Waals surface area contributed by atoms with Crippen LogP contribution < -0.4 is 11.1 Å². The first kappa shape index (κ1) is 13.1. The third-order valence-corrected chi connectivity index (χ3v) is 3.74. The fourth-order valence-electron chi connectivity index (χ4n) is 2.59. The molecule has 0 saturated carbocycles. The molecule has 20 heavy (non-hydrogen) atoms. The average molecular weight is 291 g/mol. The van der Waals surface area contributed by atoms with Crippen molar-refractivity contribution in [2.24, 2.45) is 5.73 Å². The Balaban J connectivity index is 2.23. The van der Waals surface area contributed by atoms with Crippen LogP contribution in [0.1, 0.15) is 29.0 Å². The first-order valence-electron chi connectivity index (χ1n) is 6.45. The molecule has 1 aliphatic rings. The first-order chi connectivity index (χ1) is 9.58. The van der Waals surface area contributed by atoms with E-state index >= 15 is 0 Å². The Morgan fingerprint density at radius 3 is 3.05 bits per heavy atom. The van der Waals surface area contributed by atoms with E-state index in [1.54, 1.807) is 12.1 Å². The molecule has 2 heterocycles. The topological polar surface area (TPSA) is 72.9 Å². The van der Waals surface area contributed by atoms with E-state index in [9.17, 15) is 4.79 Å². The molecule has 1 amide bonds. The zero-order valence-corrected chi connectivity index (χ0v) is 11.8. The van der Waals surface area contributed by atoms with Gasteiger partial charge in [0.1, 0.15) is 5.69 Å². The summed E-state index contributed by atoms with van der Waals surface area (Å²) >= 11 is 6.02. The number of halogens is 1. The van der Waals surface area contributed by atoms with Crippen LogP contribution in [0.3, 0.4) is 0 Å². The van der Waals surface area contributed by atoms with Gasteiger partial charge in [-0.05, 0) is 19.1 Å². The van der Waals surface area contributed by atoms with Crippen molar-refractivity contribution in [2.75, 3.05) is 6.54 Å². The van der Waals surface area contributed by atoms with Gasteiger partial charge in [0.25, 0.3) is 5.91 Å². The molecule has 1 atom stereocenters. The van der Waals surface area contributed by atoms with Crippen molar-refractivity contribution in [3.63, 3.8) is 0 Å². The van der Waals surface area contributed by atoms with Crippen LogP contribution in [-0.2, 0) is 6.54 Å². The van der Waals surface area contributed by atoms with Crippen LogP contribution in [0.4, 0.5) is 0 Å². The molecule has 2 aromatic rings. The van der Waals surface area contributed by atoms with Crippen LogP contribution in [0.2, 0.25) is 5.02 Å². The third-order valence-electron chi connectivity index (χ3n) is 3.50. The van der Waals surface area contributed by atoms with Gasteiger partial charge in [-0.1, -0.05) is 23.7 Å². The van der Waals surface area contributed by atoms with Crippen LogP contribution in [-0.4, -0.2) is 22.2 Å². The fourth-order valence-corrected chi connectivity index (χ4v) is 2.78. The number of amides is 1. The van der Waals surface area contributed by atoms with Crippen molar-refractivity contribution < 1.29 is 4.79 Å². The van der Waals surface area contributed by atoms with E-state index in [0.717, 1.165) is 17.8 Å². The summed E-state index contributed by atoms with van der Waals surface area (Å²) in [5.74, 6) is -0.461. The summed E-state index contributed by atoms with van der Waals surface area (Å²) in [5, 5.41) is 8.46. The van der Waals surface area contributed by atoms with E-state index in [1.165, 1.54) is 0 Å². The van der Waals surface area contributed by atoms with E-state index < -0.39 is 5.91 Å². The summed E-state index contributed by atoms with van der Waals surface area (Å²) in [6.45, 7) is 3.47. The van der Waals surface area contributed by atoms with Gasteiger partial charge < -0.3 is 11.1 Å². The predicted molar refractivity (Wildman–Crippen MR) is 77.6 cm³/mol. The second-order valence-corrected chi connectivity index (χ2v) is 5.41. The molecule has 1 aromatic heterocycles. The average Bonchev–Trinajstić information content (AvgIpc) is 2.79. The second-order valence-electron chi connectivity index (χ2n) is 4.97. The highest BCUT2D eigenvalue weighted by Crippen LogP contribution is 2.30. The van der Waals surface area contributed by atoms with Crippen LogP contribution >= 0.6 is 11.6 Å². The van der Waals surface area contributed by atoms with Gasteiger partial charge in [-0.25, -0.2) is 0 Å². The number of fused-ring (bicyclic) bond motifs is 1. The Hall–Kier alpha value is -1.85. The van der Waals surface area contributed by atoms with E-state index in [0.29, 0.717) is 22.8 Å². The number of hydrogen-bond donors (Lipinski definition) is 2. The number of benzene rings is 1. The summed E-state index contributed by atoms with van der Waals surface area (Å²) in [6, 6.07) is 7.48. The van der Waals surface area contributed by atoms with E-state index in [4.69, 9.17) is 17.3 Å². The third kappa shape index (κ3) is 2.09. The van der Waals surface area contributed by atoms with Gasteiger partial charge >= 0.3 is 0 Å². The van der Waals surface area contributed by atoms with Gasteiger partial charge in [0.2, 0.25) is 0 Å². The Bertz CT molecular complexity index is 680. The minimum Gasteiger partial charge on any atom is -0.365 e. The number of hydrogen-bond acceptors (Lipinski definition) is 3. The highest BCUT2D eigenvalue weighted by molar-refractivity contribution is 6.30. The van der Waals surface area contributed by atoms with Crippen molar-refractivity contribution in [1.82, 2.24) is 15.1 Å². The van der Waals surface area contributed by atoms with Crippen molar-refractivity contribution in [3.8, 4) is 11.3 Å². The Labute approximate surface area is 121 Å². The van der Waals surface area contributed by atoms with Crippen molar-refractivity contribution in [2.45, 2.75) is 19.5 Å². The summed E-state index contributed by atoms with van der Waals surface area (Å²) in [6.07, 6.45) is 0. The molecule has 5 nitrogen and oxygen atoms in total. The van der Waals surface area contributed by atoms with Gasteiger partial charge in [-0.2, -0.15) is 5.10 Å². The van der Waals surface area contributed by atoms with Gasteiger partial charge in [-0.15, -0.1) is 0 Å². The molecule has 0 bridgehead atoms. The van der Waals surface area contributed by atoms with Crippen LogP contribution in [0.25, 0.3) is 11.3 Å². The van der Waals surface area contributed by atoms with Gasteiger partial charge in [0.15, 0.2) is 0 Å². The van der Waals surface area contributed by atoms with Crippen LogP contribution in [0, 0.1) is 0 Å². The SMILES string of the molecule is CC1CNCc2c(C(N)=O)c(-c3cccc(Cl)c3)nn21. The summed E-state index contributed by atoms with van der Waals surface area (Å²) in [7, 11) is 0. The number of carbonyl (C=O) groups excluding carboxylic acids is 1. The molecule has 6 heteroatoms. The Kier molecular flexibility index (Phi) is 3.23. The zero-order valence-electron chi connectivity index (χ0n) is 11.1. The lowest BCUT2D eigenvalue weighted by Crippen LogP contribution is -2.33. The lowest BCUT2D eigenvalue weighted by atomic mass is 10.0. The van der Waals surface area contributed by atoms with Crippen LogP contribution in [0.5, 0.6) is 0 Å². The molecule has 0 saturated heterocycles. The summed E-state index contributed by atoms with van der Waals surface area (Å²) in [5.41, 5.74) is 8.28. The van der Waals surface area contributed by atoms with E-state index in [1.807, 2.05) is 16.8 Å². The number of nitrogens with one attached hydrogen (secondary N) is 1. The van der Waals surface area contributed by atoms with Gasteiger partial charge in [-0.3, -0.25) is 9.48 Å². The van der Waals surface area contributed by atoms with Crippen molar-refractivity contribution in [3.05, 3.63) is 40.5 Å². The number of rotatable bonds is 2. The molecule has 0 aliphatic carbocycles. The smallest absolute Gasteiger partial charge is 0.252 e. The standard InChI is InChI=1S/C14H15ClN4O/c1-8-6-17-7-11-12(14(16)20)13(18-19(8)11)9-3-2-4-10(15)5-9/h2-5,8,17H,6-7H2,1H3,(H2,16,20). The maximum Gasteiger partial charge on any atom is 0.252 e. The molecule has 3 N–H and O–H groups in total. The normalized spacial score (nSPS) is 17.8. The quantitative estimate of drug-likeness (QED) is 0.888. The van der Waals surface area contributed by atoms with E-state index in [2.05, 4.69) is 17.3 Å². The lowest BCUT2D eigenvalue weighted by molar-refractivity contribution is 0.0999. The minimum absolute atomic E-state index is 0.185. The predicted octanol–water partition coefficient (Wildman–Crippen LogP) is 1.97. The largest absolute Gasteiger partial charge is 0.365 e. The number of primary amides is 1. The monoisotopic (exact) mass is 290 g/mol. The summed E-state index contributed by atoms with van der Waals surface area (Å²) in [4.78, 5) is 11.8. The first-order valence-corrected chi connectivity index (χ1v) is 6.83. The molecule has 0 spiro atoms. The molecule has 1 unspecified atom stereocenters. The molecule has 3 rings (SSSR count). The minimum atomic E-state index is -0.461. The number of aromatic nitrogens is 2. The fraction of sp³-hybridized carbons (Fsp3) is 0.286. The molecule has 0 radical (unpaired) electrons. The van der Waals surface area contributed by atoms with Gasteiger partial charge in [0, 0.05) is 23.7 Å². The molecule has 0 fully saturated rings. The lowest BCUT2D eigenvalue weighted by Gasteiger charge is -2.22. The molecular weight excluding hydrogens is 276 g/mol. The number of nitrogens with two attached hydrogens (primary N) is 1. The molecule has 104 valence electrons. The molecule has 1 aliphatic heterocycles. The van der Waals surface area contributed by atoms with Crippen molar-refractivity contribution in [1.29, 1.82) is 0 Å². The van der Waals surface area contributed by atoms with Crippen LogP contribution in [0.15, 0.2) is 24.3 Å². The molecular formula is C14H15ClN4O. The Morgan fingerprint density at radius 2 is 2.35 bits per heavy atom. The van der Waals surface area contributed by atoms with Crippen molar-refractivity contribution >= 4 is 17.5 Å². The van der Waals surface area contributed by atoms with Gasteiger partial charge in [0.05, 0.1) is 17.3 Å². The summed E-state index contributed by atoms with van der Waals surface area (Å²) < 4.78 is 1.88. The van der Waals surface area contributed by atoms with E-state index in [-0.39, 0.29) is 6.04 Å². The maximum absolute atomic E-state index is 11.8. The molecule has 1 aromatic carbocycles. The Morgan fingerprint density at radius 1 is 1.55 bits per heavy atom. The second kappa shape index (κ2) is 4.92.